The average Bonchev–Trinajstić information content (AvgIpc) is 3.71. The highest BCUT2D eigenvalue weighted by Gasteiger charge is 2.41. The van der Waals surface area contributed by atoms with E-state index in [2.05, 4.69) is 25.9 Å². The van der Waals surface area contributed by atoms with Crippen LogP contribution in [-0.2, 0) is 36.8 Å². The number of benzene rings is 2. The third-order valence-corrected chi connectivity index (χ3v) is 8.50. The quantitative estimate of drug-likeness (QED) is 0.0439. The molecular weight excluding hydrogens is 658 g/mol. The Bertz CT molecular complexity index is 1800. The smallest absolute Gasteiger partial charge is 0.243 e. The Morgan fingerprint density at radius 2 is 1.75 bits per heavy atom. The minimum absolute atomic E-state index is 0.0574. The molecule has 51 heavy (non-hydrogen) atoms. The molecule has 5 amide bonds. The summed E-state index contributed by atoms with van der Waals surface area (Å²) >= 11 is 0. The third-order valence-electron chi connectivity index (χ3n) is 8.50. The van der Waals surface area contributed by atoms with Gasteiger partial charge in [-0.15, -0.1) is 0 Å². The standard InChI is InChI=1S/C34H43N11O6/c35-15-20-9-7-19(8-10-20)12-24(36)33(51)45-18-22(46)14-28(45)32(50)44-26(6-3-11-40-34(38)39)31(49)42-17-29(47)43-27(30(37)48)13-21-16-41-25-5-2-1-4-23(21)25/h1-2,4-5,7-10,16,22,24,26-28,41,46H,3,6,11-14,17-18,36H2,(H2,37,48)(H,42,49)(H,43,47)(H,44,50)(H4,38,39,40)/t22-,24+,26+,27+,28+/m1/s1. The number of nitrogens with one attached hydrogen (secondary N) is 4. The fraction of sp³-hybridized carbons (Fsp3) is 0.382. The van der Waals surface area contributed by atoms with E-state index in [0.717, 1.165) is 16.5 Å². The van der Waals surface area contributed by atoms with Gasteiger partial charge in [-0.1, -0.05) is 30.3 Å². The van der Waals surface area contributed by atoms with Crippen molar-refractivity contribution in [2.24, 2.45) is 27.9 Å². The lowest BCUT2D eigenvalue weighted by Crippen LogP contribution is -2.56. The molecule has 13 N–H and O–H groups in total. The summed E-state index contributed by atoms with van der Waals surface area (Å²) in [4.78, 5) is 73.5. The number of aliphatic imine (C=N–C) groups is 1. The number of likely N-dealkylation sites (tertiary alicyclic amines) is 1. The number of amides is 5. The summed E-state index contributed by atoms with van der Waals surface area (Å²) in [5.41, 5.74) is 25.4. The van der Waals surface area contributed by atoms with Crippen LogP contribution in [0.4, 0.5) is 0 Å². The fourth-order valence-electron chi connectivity index (χ4n) is 5.89. The lowest BCUT2D eigenvalue weighted by Gasteiger charge is -2.28. The van der Waals surface area contributed by atoms with Crippen molar-refractivity contribution in [2.45, 2.75) is 62.4 Å². The number of guanidine groups is 1. The number of β-amino-alcohol motifs (C(OH)–C–C–N with tert-alkyl or cyclic N) is 1. The Morgan fingerprint density at radius 3 is 2.43 bits per heavy atom. The largest absolute Gasteiger partial charge is 0.391 e. The second-order valence-electron chi connectivity index (χ2n) is 12.3. The highest BCUT2D eigenvalue weighted by Crippen LogP contribution is 2.21. The van der Waals surface area contributed by atoms with Gasteiger partial charge in [0.15, 0.2) is 5.96 Å². The van der Waals surface area contributed by atoms with Gasteiger partial charge in [0, 0.05) is 43.0 Å². The van der Waals surface area contributed by atoms with E-state index in [1.807, 2.05) is 30.3 Å². The molecule has 0 bridgehead atoms. The number of aromatic nitrogens is 1. The van der Waals surface area contributed by atoms with E-state index in [-0.39, 0.29) is 51.2 Å². The van der Waals surface area contributed by atoms with Gasteiger partial charge in [-0.05, 0) is 48.6 Å². The number of H-pyrrole nitrogens is 1. The Morgan fingerprint density at radius 1 is 1.02 bits per heavy atom. The van der Waals surface area contributed by atoms with Crippen molar-refractivity contribution in [3.63, 3.8) is 0 Å². The van der Waals surface area contributed by atoms with Gasteiger partial charge in [-0.3, -0.25) is 29.0 Å². The predicted octanol–water partition coefficient (Wildman–Crippen LogP) is -2.26. The van der Waals surface area contributed by atoms with Crippen molar-refractivity contribution in [3.8, 4) is 6.07 Å². The molecule has 1 saturated heterocycles. The topological polar surface area (TPSA) is 301 Å². The maximum atomic E-state index is 13.5. The first-order valence-corrected chi connectivity index (χ1v) is 16.4. The van der Waals surface area contributed by atoms with Crippen LogP contribution in [0.3, 0.4) is 0 Å². The maximum absolute atomic E-state index is 13.5. The van der Waals surface area contributed by atoms with Crippen molar-refractivity contribution >= 4 is 46.4 Å². The SMILES string of the molecule is N#Cc1ccc(C[C@H](N)C(=O)N2C[C@H](O)C[C@H]2C(=O)N[C@@H](CCCN=C(N)N)C(=O)NCC(=O)N[C@@H](Cc2c[nH]c3ccccc23)C(N)=O)cc1. The van der Waals surface area contributed by atoms with Gasteiger partial charge in [-0.25, -0.2) is 0 Å². The van der Waals surface area contributed by atoms with Crippen molar-refractivity contribution in [1.82, 2.24) is 25.8 Å². The average molecular weight is 702 g/mol. The molecule has 1 aromatic heterocycles. The summed E-state index contributed by atoms with van der Waals surface area (Å²) in [5.74, 6) is -3.60. The normalized spacial score (nSPS) is 17.1. The van der Waals surface area contributed by atoms with Crippen LogP contribution < -0.4 is 38.9 Å². The van der Waals surface area contributed by atoms with Crippen LogP contribution >= 0.6 is 0 Å². The monoisotopic (exact) mass is 701 g/mol. The number of carbonyl (C=O) groups is 5. The van der Waals surface area contributed by atoms with Gasteiger partial charge in [0.05, 0.1) is 30.3 Å². The number of primary amides is 1. The lowest BCUT2D eigenvalue weighted by atomic mass is 10.0. The number of nitrogens with zero attached hydrogens (tertiary/aromatic N) is 3. The third kappa shape index (κ3) is 10.5. The number of carbonyl (C=O) groups excluding carboxylic acids is 5. The lowest BCUT2D eigenvalue weighted by molar-refractivity contribution is -0.140. The van der Waals surface area contributed by atoms with Crippen LogP contribution in [0.5, 0.6) is 0 Å². The first-order chi connectivity index (χ1) is 24.4. The molecule has 2 heterocycles. The van der Waals surface area contributed by atoms with Gasteiger partial charge >= 0.3 is 0 Å². The molecule has 3 aromatic rings. The van der Waals surface area contributed by atoms with E-state index >= 15 is 0 Å². The van der Waals surface area contributed by atoms with E-state index < -0.39 is 66.4 Å². The first kappa shape index (κ1) is 37.8. The van der Waals surface area contributed by atoms with Crippen molar-refractivity contribution in [2.75, 3.05) is 19.6 Å². The van der Waals surface area contributed by atoms with Crippen molar-refractivity contribution in [3.05, 3.63) is 71.4 Å². The van der Waals surface area contributed by atoms with E-state index in [4.69, 9.17) is 28.2 Å². The molecule has 17 heteroatoms. The van der Waals surface area contributed by atoms with Gasteiger partial charge in [0.2, 0.25) is 29.5 Å². The van der Waals surface area contributed by atoms with Crippen molar-refractivity contribution < 1.29 is 29.1 Å². The van der Waals surface area contributed by atoms with Crippen LogP contribution in [0.25, 0.3) is 10.9 Å². The molecule has 0 spiro atoms. The molecule has 0 saturated carbocycles. The van der Waals surface area contributed by atoms with E-state index in [0.29, 0.717) is 11.1 Å². The van der Waals surface area contributed by atoms with Crippen LogP contribution in [-0.4, -0.2) is 100 Å². The van der Waals surface area contributed by atoms with Crippen LogP contribution in [0.15, 0.2) is 59.7 Å². The molecular formula is C34H43N11O6. The summed E-state index contributed by atoms with van der Waals surface area (Å²) in [7, 11) is 0. The summed E-state index contributed by atoms with van der Waals surface area (Å²) in [5, 5.41) is 28.0. The Labute approximate surface area is 293 Å². The Hall–Kier alpha value is -5.99. The van der Waals surface area contributed by atoms with Gasteiger partial charge in [0.1, 0.15) is 18.1 Å². The van der Waals surface area contributed by atoms with Crippen LogP contribution in [0.1, 0.15) is 36.0 Å². The summed E-state index contributed by atoms with van der Waals surface area (Å²) in [6, 6.07) is 11.6. The zero-order valence-corrected chi connectivity index (χ0v) is 27.9. The minimum atomic E-state index is -1.18. The summed E-state index contributed by atoms with van der Waals surface area (Å²) < 4.78 is 0. The van der Waals surface area contributed by atoms with Crippen LogP contribution in [0, 0.1) is 11.3 Å². The maximum Gasteiger partial charge on any atom is 0.243 e. The summed E-state index contributed by atoms with van der Waals surface area (Å²) in [6.07, 6.45) is 1.20. The van der Waals surface area contributed by atoms with Gasteiger partial charge < -0.3 is 53.9 Å². The second kappa shape index (κ2) is 17.6. The summed E-state index contributed by atoms with van der Waals surface area (Å²) in [6.45, 7) is -0.527. The predicted molar refractivity (Wildman–Crippen MR) is 187 cm³/mol. The molecule has 0 radical (unpaired) electrons. The first-order valence-electron chi connectivity index (χ1n) is 16.4. The van der Waals surface area contributed by atoms with Gasteiger partial charge in [-0.2, -0.15) is 5.26 Å². The molecule has 0 unspecified atom stereocenters. The molecule has 2 aromatic carbocycles. The van der Waals surface area contributed by atoms with E-state index in [1.54, 1.807) is 30.5 Å². The molecule has 5 atom stereocenters. The van der Waals surface area contributed by atoms with Crippen molar-refractivity contribution in [1.29, 1.82) is 5.26 Å². The number of rotatable bonds is 16. The number of para-hydroxylation sites is 1. The van der Waals surface area contributed by atoms with E-state index in [1.165, 1.54) is 4.90 Å². The number of nitriles is 1. The molecule has 270 valence electrons. The highest BCUT2D eigenvalue weighted by molar-refractivity contribution is 5.95. The molecule has 4 rings (SSSR count). The number of aliphatic hydroxyl groups excluding tert-OH is 1. The Balaban J connectivity index is 1.38. The van der Waals surface area contributed by atoms with Crippen LogP contribution in [0.2, 0.25) is 0 Å². The molecule has 0 aliphatic carbocycles. The molecule has 1 aliphatic heterocycles. The highest BCUT2D eigenvalue weighted by atomic mass is 16.3. The Kier molecular flexibility index (Phi) is 13.1. The minimum Gasteiger partial charge on any atom is -0.391 e. The zero-order chi connectivity index (χ0) is 37.1. The molecule has 17 nitrogen and oxygen atoms in total. The second-order valence-corrected chi connectivity index (χ2v) is 12.3. The van der Waals surface area contributed by atoms with Gasteiger partial charge in [0.25, 0.3) is 0 Å². The number of hydrogen-bond acceptors (Lipinski definition) is 9. The zero-order valence-electron chi connectivity index (χ0n) is 27.9. The number of fused-ring (bicyclic) bond motifs is 1. The number of aromatic amines is 1. The number of hydrogen-bond donors (Lipinski definition) is 9. The number of aliphatic hydroxyl groups is 1. The fourth-order valence-corrected chi connectivity index (χ4v) is 5.89. The van der Waals surface area contributed by atoms with E-state index in [9.17, 15) is 29.1 Å². The number of nitrogens with two attached hydrogens (primary N) is 4. The molecule has 1 fully saturated rings. The molecule has 1 aliphatic rings.